The van der Waals surface area contributed by atoms with E-state index >= 15 is 0 Å². The highest BCUT2D eigenvalue weighted by atomic mass is 16.5. The molecule has 4 aromatic rings. The Labute approximate surface area is 179 Å². The van der Waals surface area contributed by atoms with Crippen molar-refractivity contribution in [1.82, 2.24) is 13.7 Å². The van der Waals surface area contributed by atoms with E-state index in [1.165, 1.54) is 11.6 Å². The number of fused-ring (bicyclic) bond motifs is 3. The highest BCUT2D eigenvalue weighted by Crippen LogP contribution is 2.40. The van der Waals surface area contributed by atoms with Crippen LogP contribution in [0.25, 0.3) is 22.2 Å². The molecule has 0 bridgehead atoms. The van der Waals surface area contributed by atoms with Gasteiger partial charge in [0, 0.05) is 20.6 Å². The third-order valence-corrected chi connectivity index (χ3v) is 6.22. The van der Waals surface area contributed by atoms with E-state index < -0.39 is 0 Å². The van der Waals surface area contributed by atoms with Crippen LogP contribution >= 0.6 is 0 Å². The van der Waals surface area contributed by atoms with Crippen molar-refractivity contribution in [2.24, 2.45) is 14.1 Å². The molecule has 2 aromatic heterocycles. The van der Waals surface area contributed by atoms with Crippen LogP contribution in [-0.4, -0.2) is 20.3 Å². The van der Waals surface area contributed by atoms with Gasteiger partial charge < -0.3 is 9.30 Å². The molecule has 0 aliphatic carbocycles. The fraction of sp³-hybridized carbons (Fsp3) is 0.280. The lowest BCUT2D eigenvalue weighted by Crippen LogP contribution is -2.37. The highest BCUT2D eigenvalue weighted by molar-refractivity contribution is 5.96. The molecule has 0 amide bonds. The van der Waals surface area contributed by atoms with Gasteiger partial charge in [-0.25, -0.2) is 4.79 Å². The summed E-state index contributed by atoms with van der Waals surface area (Å²) in [5.74, 6) is 0. The molecule has 6 heteroatoms. The van der Waals surface area contributed by atoms with Gasteiger partial charge in [0.2, 0.25) is 0 Å². The van der Waals surface area contributed by atoms with Crippen molar-refractivity contribution in [2.75, 3.05) is 6.61 Å². The van der Waals surface area contributed by atoms with Gasteiger partial charge in [-0.1, -0.05) is 59.7 Å². The number of hydrogen-bond donors (Lipinski definition) is 0. The molecule has 0 unspecified atom stereocenters. The molecule has 0 spiro atoms. The Balaban J connectivity index is 1.94. The first-order chi connectivity index (χ1) is 14.9. The molecule has 1 aliphatic rings. The Morgan fingerprint density at radius 2 is 1.68 bits per heavy atom. The topological polar surface area (TPSA) is 58.2 Å². The molecule has 0 radical (unpaired) electrons. The second kappa shape index (κ2) is 7.10. The molecule has 0 N–H and O–H groups in total. The van der Waals surface area contributed by atoms with Gasteiger partial charge in [-0.3, -0.25) is 13.9 Å². The van der Waals surface area contributed by atoms with E-state index in [-0.39, 0.29) is 17.4 Å². The maximum atomic E-state index is 13.4. The molecule has 1 aliphatic heterocycles. The Kier molecular flexibility index (Phi) is 4.48. The zero-order valence-corrected chi connectivity index (χ0v) is 18.2. The summed E-state index contributed by atoms with van der Waals surface area (Å²) in [5.41, 5.74) is 6.01. The molecule has 2 aromatic carbocycles. The maximum absolute atomic E-state index is 13.4. The summed E-state index contributed by atoms with van der Waals surface area (Å²) < 4.78 is 11.2. The minimum Gasteiger partial charge on any atom is -0.365 e. The number of aromatic nitrogens is 3. The number of benzene rings is 2. The Morgan fingerprint density at radius 1 is 0.935 bits per heavy atom. The van der Waals surface area contributed by atoms with Gasteiger partial charge in [-0.05, 0) is 25.0 Å². The van der Waals surface area contributed by atoms with Crippen molar-refractivity contribution in [1.29, 1.82) is 0 Å². The first-order valence-corrected chi connectivity index (χ1v) is 10.5. The Morgan fingerprint density at radius 3 is 2.39 bits per heavy atom. The predicted octanol–water partition coefficient (Wildman–Crippen LogP) is 3.44. The minimum atomic E-state index is -0.354. The summed E-state index contributed by atoms with van der Waals surface area (Å²) in [6, 6.07) is 16.4. The molecular formula is C25H25N3O3. The molecule has 1 atom stereocenters. The summed E-state index contributed by atoms with van der Waals surface area (Å²) in [6.07, 6.45) is -0.354. The zero-order chi connectivity index (χ0) is 21.9. The largest absolute Gasteiger partial charge is 0.365 e. The highest BCUT2D eigenvalue weighted by Gasteiger charge is 2.33. The van der Waals surface area contributed by atoms with Crippen LogP contribution in [0.2, 0.25) is 0 Å². The average molecular weight is 415 g/mol. The third-order valence-electron chi connectivity index (χ3n) is 6.22. The van der Waals surface area contributed by atoms with Crippen LogP contribution in [0.15, 0.2) is 58.1 Å². The molecular weight excluding hydrogens is 390 g/mol. The second-order valence-corrected chi connectivity index (χ2v) is 8.35. The Hall–Kier alpha value is -3.38. The normalized spacial score (nSPS) is 15.9. The van der Waals surface area contributed by atoms with Gasteiger partial charge >= 0.3 is 5.69 Å². The zero-order valence-electron chi connectivity index (χ0n) is 18.2. The van der Waals surface area contributed by atoms with Gasteiger partial charge in [0.15, 0.2) is 0 Å². The van der Waals surface area contributed by atoms with E-state index in [0.29, 0.717) is 24.1 Å². The fourth-order valence-electron chi connectivity index (χ4n) is 4.68. The molecule has 0 saturated carbocycles. The lowest BCUT2D eigenvalue weighted by molar-refractivity contribution is 0.0478. The van der Waals surface area contributed by atoms with Gasteiger partial charge in [0.25, 0.3) is 5.56 Å². The lowest BCUT2D eigenvalue weighted by Gasteiger charge is -2.28. The lowest BCUT2D eigenvalue weighted by atomic mass is 10.0. The van der Waals surface area contributed by atoms with Crippen molar-refractivity contribution in [3.05, 3.63) is 91.8 Å². The molecule has 0 fully saturated rings. The van der Waals surface area contributed by atoms with Gasteiger partial charge in [0.1, 0.15) is 6.10 Å². The first-order valence-electron chi connectivity index (χ1n) is 10.5. The summed E-state index contributed by atoms with van der Waals surface area (Å²) in [4.78, 5) is 26.2. The molecule has 3 heterocycles. The summed E-state index contributed by atoms with van der Waals surface area (Å²) in [6.45, 7) is 5.24. The van der Waals surface area contributed by atoms with Crippen LogP contribution < -0.4 is 11.2 Å². The SMILES string of the molecule is Cc1ccc(-c2c3c(=O)n(C)c(=O)n(C)c3c3n2CCO[C@H]3c2cccc(C)c2)cc1. The van der Waals surface area contributed by atoms with Crippen molar-refractivity contribution in [2.45, 2.75) is 26.5 Å². The number of rotatable bonds is 2. The summed E-state index contributed by atoms with van der Waals surface area (Å²) in [5, 5.41) is 0.562. The first kappa shape index (κ1) is 19.6. The number of ether oxygens (including phenoxy) is 1. The molecule has 31 heavy (non-hydrogen) atoms. The Bertz CT molecular complexity index is 1440. The van der Waals surface area contributed by atoms with E-state index in [0.717, 1.165) is 33.6 Å². The number of aryl methyl sites for hydroxylation is 3. The van der Waals surface area contributed by atoms with Crippen LogP contribution in [0.3, 0.4) is 0 Å². The van der Waals surface area contributed by atoms with Crippen LogP contribution in [-0.2, 0) is 25.4 Å². The van der Waals surface area contributed by atoms with E-state index in [1.54, 1.807) is 11.6 Å². The second-order valence-electron chi connectivity index (χ2n) is 8.35. The molecule has 6 nitrogen and oxygen atoms in total. The monoisotopic (exact) mass is 415 g/mol. The summed E-state index contributed by atoms with van der Waals surface area (Å²) >= 11 is 0. The average Bonchev–Trinajstić information content (AvgIpc) is 3.12. The number of nitrogens with zero attached hydrogens (tertiary/aromatic N) is 3. The van der Waals surface area contributed by atoms with Crippen LogP contribution in [0.4, 0.5) is 0 Å². The van der Waals surface area contributed by atoms with Gasteiger partial charge in [-0.15, -0.1) is 0 Å². The van der Waals surface area contributed by atoms with Crippen molar-refractivity contribution < 1.29 is 4.74 Å². The van der Waals surface area contributed by atoms with Crippen LogP contribution in [0.5, 0.6) is 0 Å². The van der Waals surface area contributed by atoms with Gasteiger partial charge in [-0.2, -0.15) is 0 Å². The fourth-order valence-corrected chi connectivity index (χ4v) is 4.68. The minimum absolute atomic E-state index is 0.279. The molecule has 0 saturated heterocycles. The molecule has 5 rings (SSSR count). The summed E-state index contributed by atoms with van der Waals surface area (Å²) in [7, 11) is 3.26. The van der Waals surface area contributed by atoms with Crippen LogP contribution in [0, 0.1) is 13.8 Å². The van der Waals surface area contributed by atoms with E-state index in [2.05, 4.69) is 10.6 Å². The van der Waals surface area contributed by atoms with E-state index in [9.17, 15) is 9.59 Å². The predicted molar refractivity (Wildman–Crippen MR) is 122 cm³/mol. The quantitative estimate of drug-likeness (QED) is 0.504. The van der Waals surface area contributed by atoms with E-state index in [4.69, 9.17) is 4.74 Å². The van der Waals surface area contributed by atoms with Gasteiger partial charge in [0.05, 0.1) is 28.9 Å². The maximum Gasteiger partial charge on any atom is 0.331 e. The van der Waals surface area contributed by atoms with Crippen molar-refractivity contribution in [3.63, 3.8) is 0 Å². The van der Waals surface area contributed by atoms with Crippen LogP contribution in [0.1, 0.15) is 28.5 Å². The number of hydrogen-bond acceptors (Lipinski definition) is 3. The third kappa shape index (κ3) is 2.90. The van der Waals surface area contributed by atoms with E-state index in [1.807, 2.05) is 56.3 Å². The standard InChI is InChI=1S/C25H25N3O3/c1-15-8-10-17(11-9-15)20-19-21(26(3)25(30)27(4)24(19)29)22-23(31-13-12-28(20)22)18-7-5-6-16(2)14-18/h5-11,14,23H,12-13H2,1-4H3/t23-/m0/s1. The van der Waals surface area contributed by atoms with Crippen molar-refractivity contribution >= 4 is 10.9 Å². The van der Waals surface area contributed by atoms with Crippen molar-refractivity contribution in [3.8, 4) is 11.3 Å². The molecule has 158 valence electrons. The smallest absolute Gasteiger partial charge is 0.331 e.